The predicted molar refractivity (Wildman–Crippen MR) is 128 cm³/mol. The lowest BCUT2D eigenvalue weighted by Crippen LogP contribution is -2.30. The third-order valence-corrected chi connectivity index (χ3v) is 6.56. The Labute approximate surface area is 196 Å². The van der Waals surface area contributed by atoms with Crippen LogP contribution in [0.3, 0.4) is 0 Å². The molecule has 0 aromatic carbocycles. The first-order valence-electron chi connectivity index (χ1n) is 9.98. The van der Waals surface area contributed by atoms with E-state index in [1.54, 1.807) is 22.7 Å². The van der Waals surface area contributed by atoms with Crippen LogP contribution in [0.4, 0.5) is 5.00 Å². The van der Waals surface area contributed by atoms with E-state index in [-0.39, 0.29) is 5.91 Å². The Morgan fingerprint density at radius 1 is 1.32 bits per heavy atom. The number of aromatic nitrogens is 2. The zero-order chi connectivity index (χ0) is 23.1. The molecule has 0 radical (unpaired) electrons. The normalized spacial score (nSPS) is 10.6. The number of rotatable bonds is 9. The topological polar surface area (TPSA) is 88.5 Å². The summed E-state index contributed by atoms with van der Waals surface area (Å²) >= 11 is 12.6. The second-order valence-electron chi connectivity index (χ2n) is 6.79. The fourth-order valence-corrected chi connectivity index (χ4v) is 4.59. The van der Waals surface area contributed by atoms with Gasteiger partial charge in [-0.25, -0.2) is 4.79 Å². The summed E-state index contributed by atoms with van der Waals surface area (Å²) in [5.74, 6) is -0.624. The van der Waals surface area contributed by atoms with E-state index in [1.165, 1.54) is 18.4 Å². The molecule has 0 saturated heterocycles. The van der Waals surface area contributed by atoms with Crippen molar-refractivity contribution >= 4 is 57.1 Å². The zero-order valence-electron chi connectivity index (χ0n) is 18.4. The van der Waals surface area contributed by atoms with Gasteiger partial charge in [0.05, 0.1) is 28.3 Å². The highest BCUT2D eigenvalue weighted by atomic mass is 35.5. The molecular weight excluding hydrogens is 458 g/mol. The number of methoxy groups -OCH3 is 1. The number of thiocarbonyl (C=S) groups is 1. The molecule has 0 aliphatic carbocycles. The van der Waals surface area contributed by atoms with E-state index in [9.17, 15) is 9.59 Å². The van der Waals surface area contributed by atoms with Crippen LogP contribution in [0.5, 0.6) is 0 Å². The van der Waals surface area contributed by atoms with Crippen LogP contribution >= 0.6 is 35.2 Å². The molecule has 2 heterocycles. The second-order valence-corrected chi connectivity index (χ2v) is 8.63. The molecule has 0 bridgehead atoms. The SMILES string of the molecule is CCN(CC)C(=O)c1sc(NC(=S)NCCCn2cc(Cl)c(C)n2)c(C(=O)OC)c1C. The first kappa shape index (κ1) is 25.1. The Kier molecular flexibility index (Phi) is 9.27. The van der Waals surface area contributed by atoms with E-state index in [2.05, 4.69) is 15.7 Å². The van der Waals surface area contributed by atoms with Crippen molar-refractivity contribution in [2.45, 2.75) is 40.7 Å². The van der Waals surface area contributed by atoms with Crippen LogP contribution in [-0.2, 0) is 11.3 Å². The van der Waals surface area contributed by atoms with Gasteiger partial charge in [-0.05, 0) is 51.9 Å². The number of anilines is 1. The fraction of sp³-hybridized carbons (Fsp3) is 0.500. The maximum Gasteiger partial charge on any atom is 0.341 e. The summed E-state index contributed by atoms with van der Waals surface area (Å²) in [6, 6.07) is 0. The predicted octanol–water partition coefficient (Wildman–Crippen LogP) is 3.86. The van der Waals surface area contributed by atoms with E-state index < -0.39 is 5.97 Å². The summed E-state index contributed by atoms with van der Waals surface area (Å²) in [6.45, 7) is 9.91. The summed E-state index contributed by atoms with van der Waals surface area (Å²) in [5.41, 5.74) is 1.71. The molecule has 1 amide bonds. The van der Waals surface area contributed by atoms with Gasteiger partial charge in [-0.2, -0.15) is 5.10 Å². The van der Waals surface area contributed by atoms with Crippen molar-refractivity contribution < 1.29 is 14.3 Å². The molecule has 31 heavy (non-hydrogen) atoms. The van der Waals surface area contributed by atoms with Crippen LogP contribution in [0.2, 0.25) is 5.02 Å². The number of carbonyl (C=O) groups is 2. The van der Waals surface area contributed by atoms with Crippen molar-refractivity contribution in [3.8, 4) is 0 Å². The van der Waals surface area contributed by atoms with Crippen LogP contribution in [0, 0.1) is 13.8 Å². The number of amides is 1. The van der Waals surface area contributed by atoms with Crippen LogP contribution in [0.15, 0.2) is 6.20 Å². The number of ether oxygens (including phenoxy) is 1. The Balaban J connectivity index is 2.06. The van der Waals surface area contributed by atoms with Gasteiger partial charge in [0.15, 0.2) is 5.11 Å². The minimum atomic E-state index is -0.511. The molecule has 0 spiro atoms. The van der Waals surface area contributed by atoms with Crippen LogP contribution < -0.4 is 10.6 Å². The Morgan fingerprint density at radius 2 is 2.00 bits per heavy atom. The third-order valence-electron chi connectivity index (χ3n) is 4.74. The molecule has 170 valence electrons. The lowest BCUT2D eigenvalue weighted by molar-refractivity contribution is 0.0601. The lowest BCUT2D eigenvalue weighted by atomic mass is 10.1. The molecule has 0 saturated carbocycles. The van der Waals surface area contributed by atoms with Gasteiger partial charge in [0.25, 0.3) is 5.91 Å². The Hall–Kier alpha value is -2.17. The van der Waals surface area contributed by atoms with Crippen molar-refractivity contribution in [2.24, 2.45) is 0 Å². The summed E-state index contributed by atoms with van der Waals surface area (Å²) in [5, 5.41) is 12.0. The third kappa shape index (κ3) is 6.18. The molecule has 2 rings (SSSR count). The van der Waals surface area contributed by atoms with Gasteiger partial charge < -0.3 is 20.3 Å². The summed E-state index contributed by atoms with van der Waals surface area (Å²) < 4.78 is 6.71. The number of thiophene rings is 1. The van der Waals surface area contributed by atoms with Crippen LogP contribution in [0.1, 0.15) is 51.6 Å². The number of hydrogen-bond acceptors (Lipinski definition) is 6. The zero-order valence-corrected chi connectivity index (χ0v) is 20.8. The molecule has 11 heteroatoms. The fourth-order valence-electron chi connectivity index (χ4n) is 3.01. The molecule has 2 aromatic rings. The number of nitrogens with one attached hydrogen (secondary N) is 2. The molecule has 0 aliphatic heterocycles. The van der Waals surface area contributed by atoms with Gasteiger partial charge in [0.1, 0.15) is 5.00 Å². The average molecular weight is 486 g/mol. The number of esters is 1. The summed E-state index contributed by atoms with van der Waals surface area (Å²) in [6.07, 6.45) is 2.57. The smallest absolute Gasteiger partial charge is 0.341 e. The number of halogens is 1. The quantitative estimate of drug-likeness (QED) is 0.316. The highest BCUT2D eigenvalue weighted by Gasteiger charge is 2.27. The van der Waals surface area contributed by atoms with Gasteiger partial charge in [0, 0.05) is 32.4 Å². The first-order chi connectivity index (χ1) is 14.7. The van der Waals surface area contributed by atoms with Gasteiger partial charge in [-0.15, -0.1) is 11.3 Å². The maximum absolute atomic E-state index is 12.9. The van der Waals surface area contributed by atoms with Crippen LogP contribution in [0.25, 0.3) is 0 Å². The first-order valence-corrected chi connectivity index (χ1v) is 11.6. The lowest BCUT2D eigenvalue weighted by Gasteiger charge is -2.17. The van der Waals surface area contributed by atoms with E-state index >= 15 is 0 Å². The van der Waals surface area contributed by atoms with Gasteiger partial charge in [-0.3, -0.25) is 9.48 Å². The number of aryl methyl sites for hydroxylation is 2. The molecule has 8 nitrogen and oxygen atoms in total. The minimum absolute atomic E-state index is 0.113. The number of nitrogens with zero attached hydrogens (tertiary/aromatic N) is 3. The molecule has 0 atom stereocenters. The highest BCUT2D eigenvalue weighted by molar-refractivity contribution is 7.80. The second kappa shape index (κ2) is 11.4. The van der Waals surface area contributed by atoms with Gasteiger partial charge >= 0.3 is 5.97 Å². The molecule has 2 aromatic heterocycles. The Morgan fingerprint density at radius 3 is 2.55 bits per heavy atom. The van der Waals surface area contributed by atoms with Crippen molar-refractivity contribution in [3.05, 3.63) is 32.9 Å². The molecule has 2 N–H and O–H groups in total. The van der Waals surface area contributed by atoms with E-state index in [0.717, 1.165) is 12.1 Å². The van der Waals surface area contributed by atoms with Crippen LogP contribution in [-0.4, -0.2) is 58.4 Å². The van der Waals surface area contributed by atoms with E-state index in [1.807, 2.05) is 20.8 Å². The van der Waals surface area contributed by atoms with Crippen molar-refractivity contribution in [1.82, 2.24) is 20.0 Å². The van der Waals surface area contributed by atoms with Gasteiger partial charge in [0.2, 0.25) is 0 Å². The van der Waals surface area contributed by atoms with Crippen molar-refractivity contribution in [3.63, 3.8) is 0 Å². The molecular formula is C20H28ClN5O3S2. The monoisotopic (exact) mass is 485 g/mol. The Bertz CT molecular complexity index is 934. The van der Waals surface area contributed by atoms with Crippen molar-refractivity contribution in [2.75, 3.05) is 32.1 Å². The number of hydrogen-bond donors (Lipinski definition) is 2. The maximum atomic E-state index is 12.9. The summed E-state index contributed by atoms with van der Waals surface area (Å²) in [7, 11) is 1.31. The number of carbonyl (C=O) groups excluding carboxylic acids is 2. The largest absolute Gasteiger partial charge is 0.465 e. The minimum Gasteiger partial charge on any atom is -0.465 e. The van der Waals surface area contributed by atoms with Crippen molar-refractivity contribution in [1.29, 1.82) is 0 Å². The average Bonchev–Trinajstić information content (AvgIpc) is 3.23. The molecule has 0 aliphatic rings. The molecule has 0 unspecified atom stereocenters. The highest BCUT2D eigenvalue weighted by Crippen LogP contribution is 2.34. The summed E-state index contributed by atoms with van der Waals surface area (Å²) in [4.78, 5) is 27.4. The van der Waals surface area contributed by atoms with E-state index in [0.29, 0.717) is 57.3 Å². The van der Waals surface area contributed by atoms with Gasteiger partial charge in [-0.1, -0.05) is 11.6 Å². The molecule has 0 fully saturated rings. The van der Waals surface area contributed by atoms with E-state index in [4.69, 9.17) is 28.6 Å². The standard InChI is InChI=1S/C20H28ClN5O3S2/c1-6-25(7-2)18(27)16-12(3)15(19(28)29-5)17(31-16)23-20(30)22-9-8-10-26-11-14(21)13(4)24-26/h11H,6-10H2,1-5H3,(H2,22,23,30).